The second-order valence-corrected chi connectivity index (χ2v) is 7.78. The predicted molar refractivity (Wildman–Crippen MR) is 96.7 cm³/mol. The second kappa shape index (κ2) is 5.28. The van der Waals surface area contributed by atoms with Gasteiger partial charge in [-0.1, -0.05) is 50.5 Å². The van der Waals surface area contributed by atoms with Crippen molar-refractivity contribution in [2.45, 2.75) is 50.9 Å². The zero-order chi connectivity index (χ0) is 17.0. The Labute approximate surface area is 146 Å². The summed E-state index contributed by atoms with van der Waals surface area (Å²) in [6.45, 7) is 2.29. The number of H-pyrrole nitrogens is 1. The van der Waals surface area contributed by atoms with Gasteiger partial charge in [-0.2, -0.15) is 5.10 Å². The van der Waals surface area contributed by atoms with E-state index in [0.717, 1.165) is 23.2 Å². The molecule has 2 aliphatic rings. The van der Waals surface area contributed by atoms with Crippen molar-refractivity contribution < 1.29 is 0 Å². The molecule has 1 fully saturated rings. The number of benzene rings is 1. The van der Waals surface area contributed by atoms with Gasteiger partial charge in [0.15, 0.2) is 0 Å². The maximum Gasteiger partial charge on any atom is 0.264 e. The molecule has 1 aromatic carbocycles. The van der Waals surface area contributed by atoms with E-state index in [4.69, 9.17) is 4.98 Å². The van der Waals surface area contributed by atoms with Gasteiger partial charge in [0.05, 0.1) is 11.3 Å². The SMILES string of the molecule is CC1(C2CCCCC2)Cc2ccccc2-c2nc3[nH]ncn3c(=O)c21. The molecule has 3 aromatic rings. The van der Waals surface area contributed by atoms with Crippen LogP contribution in [0.15, 0.2) is 35.4 Å². The summed E-state index contributed by atoms with van der Waals surface area (Å²) in [6.07, 6.45) is 8.71. The van der Waals surface area contributed by atoms with Gasteiger partial charge < -0.3 is 0 Å². The van der Waals surface area contributed by atoms with E-state index < -0.39 is 0 Å². The van der Waals surface area contributed by atoms with E-state index in [-0.39, 0.29) is 11.0 Å². The van der Waals surface area contributed by atoms with Crippen LogP contribution < -0.4 is 5.56 Å². The van der Waals surface area contributed by atoms with Gasteiger partial charge in [0.1, 0.15) is 6.33 Å². The Morgan fingerprint density at radius 2 is 2.00 bits per heavy atom. The molecule has 1 saturated carbocycles. The lowest BCUT2D eigenvalue weighted by Gasteiger charge is -2.43. The molecule has 2 heterocycles. The van der Waals surface area contributed by atoms with Crippen LogP contribution >= 0.6 is 0 Å². The average Bonchev–Trinajstić information content (AvgIpc) is 3.11. The number of aromatic nitrogens is 4. The van der Waals surface area contributed by atoms with Crippen LogP contribution in [0.5, 0.6) is 0 Å². The molecule has 0 amide bonds. The first-order valence-corrected chi connectivity index (χ1v) is 9.23. The maximum atomic E-state index is 13.4. The summed E-state index contributed by atoms with van der Waals surface area (Å²) in [6, 6.07) is 8.40. The summed E-state index contributed by atoms with van der Waals surface area (Å²) in [5.41, 5.74) is 4.02. The summed E-state index contributed by atoms with van der Waals surface area (Å²) in [7, 11) is 0. The van der Waals surface area contributed by atoms with Gasteiger partial charge in [-0.05, 0) is 30.7 Å². The van der Waals surface area contributed by atoms with E-state index in [2.05, 4.69) is 35.3 Å². The van der Waals surface area contributed by atoms with Crippen molar-refractivity contribution in [1.82, 2.24) is 19.6 Å². The molecule has 0 spiro atoms. The third-order valence-corrected chi connectivity index (χ3v) is 6.36. The average molecular weight is 334 g/mol. The normalized spacial score (nSPS) is 23.4. The molecule has 0 aliphatic heterocycles. The van der Waals surface area contributed by atoms with E-state index in [9.17, 15) is 4.79 Å². The van der Waals surface area contributed by atoms with Crippen LogP contribution in [0.2, 0.25) is 0 Å². The van der Waals surface area contributed by atoms with Crippen molar-refractivity contribution in [1.29, 1.82) is 0 Å². The van der Waals surface area contributed by atoms with Gasteiger partial charge >= 0.3 is 0 Å². The number of hydrogen-bond acceptors (Lipinski definition) is 3. The first kappa shape index (κ1) is 14.9. The van der Waals surface area contributed by atoms with E-state index in [1.54, 1.807) is 10.7 Å². The maximum absolute atomic E-state index is 13.4. The summed E-state index contributed by atoms with van der Waals surface area (Å²) in [4.78, 5) is 18.2. The molecule has 25 heavy (non-hydrogen) atoms. The molecule has 0 bridgehead atoms. The third kappa shape index (κ3) is 2.04. The van der Waals surface area contributed by atoms with Gasteiger partial charge in [-0.3, -0.25) is 4.79 Å². The summed E-state index contributed by atoms with van der Waals surface area (Å²) in [5.74, 6) is 1.05. The minimum atomic E-state index is -0.160. The Morgan fingerprint density at radius 3 is 2.84 bits per heavy atom. The third-order valence-electron chi connectivity index (χ3n) is 6.36. The first-order chi connectivity index (χ1) is 12.2. The van der Waals surface area contributed by atoms with Crippen LogP contribution in [0.1, 0.15) is 50.2 Å². The molecule has 5 rings (SSSR count). The van der Waals surface area contributed by atoms with Crippen LogP contribution in [0, 0.1) is 5.92 Å². The molecule has 1 atom stereocenters. The number of hydrogen-bond donors (Lipinski definition) is 1. The fraction of sp³-hybridized carbons (Fsp3) is 0.450. The fourth-order valence-electron chi connectivity index (χ4n) is 5.05. The molecule has 2 aromatic heterocycles. The van der Waals surface area contributed by atoms with Crippen molar-refractivity contribution in [3.63, 3.8) is 0 Å². The summed E-state index contributed by atoms with van der Waals surface area (Å²) >= 11 is 0. The Balaban J connectivity index is 1.83. The topological polar surface area (TPSA) is 63.1 Å². The highest BCUT2D eigenvalue weighted by Gasteiger charge is 2.44. The van der Waals surface area contributed by atoms with Gasteiger partial charge in [0.2, 0.25) is 5.78 Å². The zero-order valence-electron chi connectivity index (χ0n) is 14.5. The molecule has 5 nitrogen and oxygen atoms in total. The fourth-order valence-corrected chi connectivity index (χ4v) is 5.05. The lowest BCUT2D eigenvalue weighted by atomic mass is 9.60. The van der Waals surface area contributed by atoms with E-state index >= 15 is 0 Å². The summed E-state index contributed by atoms with van der Waals surface area (Å²) < 4.78 is 1.56. The van der Waals surface area contributed by atoms with Crippen molar-refractivity contribution >= 4 is 5.78 Å². The monoisotopic (exact) mass is 334 g/mol. The van der Waals surface area contributed by atoms with E-state index in [1.807, 2.05) is 6.07 Å². The van der Waals surface area contributed by atoms with Crippen LogP contribution in [0.4, 0.5) is 0 Å². The van der Waals surface area contributed by atoms with Gasteiger partial charge in [0.25, 0.3) is 5.56 Å². The number of fused-ring (bicyclic) bond motifs is 4. The number of nitrogens with one attached hydrogen (secondary N) is 1. The first-order valence-electron chi connectivity index (χ1n) is 9.23. The molecule has 128 valence electrons. The van der Waals surface area contributed by atoms with Crippen LogP contribution in [-0.2, 0) is 11.8 Å². The van der Waals surface area contributed by atoms with Gasteiger partial charge in [0, 0.05) is 11.0 Å². The molecule has 0 radical (unpaired) electrons. The number of nitrogens with zero attached hydrogens (tertiary/aromatic N) is 3. The Hall–Kier alpha value is -2.43. The lowest BCUT2D eigenvalue weighted by molar-refractivity contribution is 0.213. The second-order valence-electron chi connectivity index (χ2n) is 7.78. The minimum Gasteiger partial charge on any atom is -0.268 e. The standard InChI is InChI=1S/C20H22N4O/c1-20(14-8-3-2-4-9-14)11-13-7-5-6-10-15(13)17-16(20)18(25)24-12-21-23-19(24)22-17/h5-7,10,12,14H,2-4,8-9,11H2,1H3,(H,22,23). The van der Waals surface area contributed by atoms with Crippen molar-refractivity contribution in [3.05, 3.63) is 52.1 Å². The van der Waals surface area contributed by atoms with Crippen molar-refractivity contribution in [3.8, 4) is 11.3 Å². The Kier molecular flexibility index (Phi) is 3.14. The smallest absolute Gasteiger partial charge is 0.264 e. The van der Waals surface area contributed by atoms with Gasteiger partial charge in [-0.25, -0.2) is 14.5 Å². The largest absolute Gasteiger partial charge is 0.268 e. The lowest BCUT2D eigenvalue weighted by Crippen LogP contribution is -2.44. The number of rotatable bonds is 1. The highest BCUT2D eigenvalue weighted by atomic mass is 16.1. The zero-order valence-corrected chi connectivity index (χ0v) is 14.5. The quantitative estimate of drug-likeness (QED) is 0.741. The minimum absolute atomic E-state index is 0.0383. The molecule has 2 aliphatic carbocycles. The number of aromatic amines is 1. The Morgan fingerprint density at radius 1 is 1.20 bits per heavy atom. The van der Waals surface area contributed by atoms with Crippen LogP contribution in [0.25, 0.3) is 17.0 Å². The summed E-state index contributed by atoms with van der Waals surface area (Å²) in [5, 5.41) is 6.88. The van der Waals surface area contributed by atoms with Gasteiger partial charge in [-0.15, -0.1) is 0 Å². The molecular weight excluding hydrogens is 312 g/mol. The Bertz CT molecular complexity index is 1010. The van der Waals surface area contributed by atoms with E-state index in [1.165, 1.54) is 37.7 Å². The van der Waals surface area contributed by atoms with Crippen LogP contribution in [0.3, 0.4) is 0 Å². The highest BCUT2D eigenvalue weighted by molar-refractivity contribution is 5.72. The van der Waals surface area contributed by atoms with E-state index in [0.29, 0.717) is 11.7 Å². The van der Waals surface area contributed by atoms with Crippen LogP contribution in [-0.4, -0.2) is 19.6 Å². The van der Waals surface area contributed by atoms with Crippen molar-refractivity contribution in [2.75, 3.05) is 0 Å². The predicted octanol–water partition coefficient (Wildman–Crippen LogP) is 3.48. The van der Waals surface area contributed by atoms with Crippen molar-refractivity contribution in [2.24, 2.45) is 5.92 Å². The molecule has 1 N–H and O–H groups in total. The molecular formula is C20H22N4O. The molecule has 0 saturated heterocycles. The molecule has 5 heteroatoms. The molecule has 1 unspecified atom stereocenters. The highest BCUT2D eigenvalue weighted by Crippen LogP contribution is 2.48.